The van der Waals surface area contributed by atoms with E-state index in [4.69, 9.17) is 0 Å². The van der Waals surface area contributed by atoms with Crippen LogP contribution in [0.1, 0.15) is 16.7 Å². The van der Waals surface area contributed by atoms with Gasteiger partial charge in [0.25, 0.3) is 0 Å². The van der Waals surface area contributed by atoms with Crippen LogP contribution in [0.4, 0.5) is 0 Å². The Labute approximate surface area is 88.9 Å². The number of aryl methyl sites for hydroxylation is 2. The molecule has 1 aromatic rings. The van der Waals surface area contributed by atoms with Crippen LogP contribution in [0.2, 0.25) is 0 Å². The summed E-state index contributed by atoms with van der Waals surface area (Å²) in [5, 5.41) is 5.18. The molecule has 0 radical (unpaired) electrons. The molecule has 0 saturated heterocycles. The molecule has 0 aliphatic carbocycles. The van der Waals surface area contributed by atoms with E-state index in [0.717, 1.165) is 0 Å². The smallest absolute Gasteiger partial charge is 0.0352 e. The number of benzene rings is 1. The predicted octanol–water partition coefficient (Wildman–Crippen LogP) is 3.41. The molecule has 0 aromatic heterocycles. The quantitative estimate of drug-likeness (QED) is 0.750. The summed E-state index contributed by atoms with van der Waals surface area (Å²) in [6, 6.07) is 6.56. The first-order valence-electron chi connectivity index (χ1n) is 4.63. The Morgan fingerprint density at radius 3 is 2.71 bits per heavy atom. The van der Waals surface area contributed by atoms with Crippen LogP contribution in [0, 0.1) is 13.8 Å². The number of nitrogens with one attached hydrogen (secondary N) is 1. The molecule has 0 fully saturated rings. The molecule has 72 valence electrons. The van der Waals surface area contributed by atoms with E-state index in [1.165, 1.54) is 21.6 Å². The first-order chi connectivity index (χ1) is 6.77. The Kier molecular flexibility index (Phi) is 2.64. The predicted molar refractivity (Wildman–Crippen MR) is 63.8 cm³/mol. The van der Waals surface area contributed by atoms with Gasteiger partial charge in [0.15, 0.2) is 0 Å². The first kappa shape index (κ1) is 9.41. The molecule has 0 amide bonds. The van der Waals surface area contributed by atoms with Crippen molar-refractivity contribution in [3.63, 3.8) is 0 Å². The van der Waals surface area contributed by atoms with Gasteiger partial charge in [0.2, 0.25) is 0 Å². The average Bonchev–Trinajstić information content (AvgIpc) is 2.19. The number of thioether (sulfide) groups is 1. The maximum atomic E-state index is 3.11. The van der Waals surface area contributed by atoms with Gasteiger partial charge in [-0.05, 0) is 30.4 Å². The molecule has 0 unspecified atom stereocenters. The van der Waals surface area contributed by atoms with Gasteiger partial charge in [0.1, 0.15) is 0 Å². The molecule has 0 spiro atoms. The topological polar surface area (TPSA) is 12.0 Å². The molecule has 1 heterocycles. The second-order valence-corrected chi connectivity index (χ2v) is 4.36. The van der Waals surface area contributed by atoms with Gasteiger partial charge in [-0.3, -0.25) is 0 Å². The van der Waals surface area contributed by atoms with Crippen molar-refractivity contribution >= 4 is 16.7 Å². The zero-order chi connectivity index (χ0) is 9.97. The molecule has 1 aliphatic rings. The SMILES string of the molecule is Cc1ccc(C2=CNC=CS2)c(C)c1. The molecule has 14 heavy (non-hydrogen) atoms. The summed E-state index contributed by atoms with van der Waals surface area (Å²) < 4.78 is 0. The fourth-order valence-corrected chi connectivity index (χ4v) is 2.32. The van der Waals surface area contributed by atoms with Crippen molar-refractivity contribution in [3.8, 4) is 0 Å². The van der Waals surface area contributed by atoms with Crippen LogP contribution in [0.5, 0.6) is 0 Å². The lowest BCUT2D eigenvalue weighted by Gasteiger charge is -2.11. The van der Waals surface area contributed by atoms with E-state index in [2.05, 4.69) is 42.8 Å². The highest BCUT2D eigenvalue weighted by Gasteiger charge is 2.06. The zero-order valence-electron chi connectivity index (χ0n) is 8.37. The molecule has 2 rings (SSSR count). The number of hydrogen-bond acceptors (Lipinski definition) is 2. The van der Waals surface area contributed by atoms with E-state index in [1.54, 1.807) is 11.8 Å². The van der Waals surface area contributed by atoms with Gasteiger partial charge >= 0.3 is 0 Å². The summed E-state index contributed by atoms with van der Waals surface area (Å²) in [4.78, 5) is 1.28. The summed E-state index contributed by atoms with van der Waals surface area (Å²) in [6.45, 7) is 4.28. The monoisotopic (exact) mass is 203 g/mol. The Morgan fingerprint density at radius 2 is 2.07 bits per heavy atom. The van der Waals surface area contributed by atoms with Crippen molar-refractivity contribution in [2.75, 3.05) is 0 Å². The highest BCUT2D eigenvalue weighted by molar-refractivity contribution is 8.11. The van der Waals surface area contributed by atoms with E-state index in [9.17, 15) is 0 Å². The van der Waals surface area contributed by atoms with Crippen molar-refractivity contribution in [2.24, 2.45) is 0 Å². The van der Waals surface area contributed by atoms with Crippen molar-refractivity contribution in [3.05, 3.63) is 52.7 Å². The summed E-state index contributed by atoms with van der Waals surface area (Å²) in [6.07, 6.45) is 3.99. The third kappa shape index (κ3) is 1.85. The lowest BCUT2D eigenvalue weighted by molar-refractivity contribution is 1.20. The van der Waals surface area contributed by atoms with Gasteiger partial charge < -0.3 is 5.32 Å². The lowest BCUT2D eigenvalue weighted by Crippen LogP contribution is -1.98. The molecular formula is C12H13NS. The maximum Gasteiger partial charge on any atom is 0.0352 e. The van der Waals surface area contributed by atoms with Crippen LogP contribution >= 0.6 is 11.8 Å². The average molecular weight is 203 g/mol. The molecule has 1 nitrogen and oxygen atoms in total. The lowest BCUT2D eigenvalue weighted by atomic mass is 10.1. The fourth-order valence-electron chi connectivity index (χ4n) is 1.54. The van der Waals surface area contributed by atoms with Gasteiger partial charge in [-0.15, -0.1) is 0 Å². The van der Waals surface area contributed by atoms with E-state index < -0.39 is 0 Å². The van der Waals surface area contributed by atoms with E-state index in [1.807, 2.05) is 12.4 Å². The van der Waals surface area contributed by atoms with Gasteiger partial charge in [-0.25, -0.2) is 0 Å². The van der Waals surface area contributed by atoms with Crippen LogP contribution in [-0.4, -0.2) is 0 Å². The maximum absolute atomic E-state index is 3.11. The highest BCUT2D eigenvalue weighted by Crippen LogP contribution is 2.31. The Balaban J connectivity index is 2.36. The van der Waals surface area contributed by atoms with Crippen molar-refractivity contribution < 1.29 is 0 Å². The number of rotatable bonds is 1. The van der Waals surface area contributed by atoms with Gasteiger partial charge in [-0.2, -0.15) is 0 Å². The van der Waals surface area contributed by atoms with Crippen LogP contribution in [0.25, 0.3) is 4.91 Å². The molecule has 0 atom stereocenters. The molecular weight excluding hydrogens is 190 g/mol. The zero-order valence-corrected chi connectivity index (χ0v) is 9.19. The Bertz CT molecular complexity index is 405. The Morgan fingerprint density at radius 1 is 1.21 bits per heavy atom. The third-order valence-electron chi connectivity index (χ3n) is 2.22. The van der Waals surface area contributed by atoms with Crippen molar-refractivity contribution in [1.82, 2.24) is 5.32 Å². The summed E-state index contributed by atoms with van der Waals surface area (Å²) >= 11 is 1.75. The van der Waals surface area contributed by atoms with Crippen molar-refractivity contribution in [2.45, 2.75) is 13.8 Å². The molecule has 2 heteroatoms. The summed E-state index contributed by atoms with van der Waals surface area (Å²) in [7, 11) is 0. The minimum Gasteiger partial charge on any atom is -0.366 e. The molecule has 1 aromatic carbocycles. The summed E-state index contributed by atoms with van der Waals surface area (Å²) in [5.41, 5.74) is 3.97. The molecule has 1 N–H and O–H groups in total. The minimum atomic E-state index is 1.28. The van der Waals surface area contributed by atoms with Crippen molar-refractivity contribution in [1.29, 1.82) is 0 Å². The summed E-state index contributed by atoms with van der Waals surface area (Å²) in [5.74, 6) is 0. The Hall–Kier alpha value is -1.15. The van der Waals surface area contributed by atoms with E-state index >= 15 is 0 Å². The van der Waals surface area contributed by atoms with E-state index in [0.29, 0.717) is 0 Å². The largest absolute Gasteiger partial charge is 0.366 e. The molecule has 0 bridgehead atoms. The first-order valence-corrected chi connectivity index (χ1v) is 5.51. The molecule has 1 aliphatic heterocycles. The third-order valence-corrected chi connectivity index (χ3v) is 3.08. The van der Waals surface area contributed by atoms with Gasteiger partial charge in [0.05, 0.1) is 0 Å². The van der Waals surface area contributed by atoms with Gasteiger partial charge in [0, 0.05) is 17.3 Å². The van der Waals surface area contributed by atoms with Crippen LogP contribution < -0.4 is 5.32 Å². The molecule has 0 saturated carbocycles. The van der Waals surface area contributed by atoms with Crippen LogP contribution in [0.15, 0.2) is 36.0 Å². The van der Waals surface area contributed by atoms with Crippen LogP contribution in [0.3, 0.4) is 0 Å². The standard InChI is InChI=1S/C12H13NS/c1-9-3-4-11(10(2)7-9)12-8-13-5-6-14-12/h3-8,13H,1-2H3. The van der Waals surface area contributed by atoms with Crippen LogP contribution in [-0.2, 0) is 0 Å². The van der Waals surface area contributed by atoms with Gasteiger partial charge in [-0.1, -0.05) is 35.5 Å². The normalized spacial score (nSPS) is 14.9. The van der Waals surface area contributed by atoms with E-state index in [-0.39, 0.29) is 0 Å². The fraction of sp³-hybridized carbons (Fsp3) is 0.167. The highest BCUT2D eigenvalue weighted by atomic mass is 32.2. The number of hydrogen-bond donors (Lipinski definition) is 1. The second-order valence-electron chi connectivity index (χ2n) is 3.41. The minimum absolute atomic E-state index is 1.28. The second kappa shape index (κ2) is 3.93.